The summed E-state index contributed by atoms with van der Waals surface area (Å²) in [5.41, 5.74) is 3.37. The van der Waals surface area contributed by atoms with Gasteiger partial charge in [0.05, 0.1) is 5.88 Å². The van der Waals surface area contributed by atoms with E-state index in [1.54, 1.807) is 0 Å². The van der Waals surface area contributed by atoms with Crippen molar-refractivity contribution in [3.8, 4) is 5.75 Å². The Bertz CT molecular complexity index is 761. The van der Waals surface area contributed by atoms with E-state index in [1.807, 2.05) is 30.5 Å². The van der Waals surface area contributed by atoms with Gasteiger partial charge in [-0.25, -0.2) is 0 Å². The van der Waals surface area contributed by atoms with Gasteiger partial charge in [0.15, 0.2) is 0 Å². The van der Waals surface area contributed by atoms with Gasteiger partial charge < -0.3 is 9.72 Å². The molecular formula is C18H16ClNO. The summed E-state index contributed by atoms with van der Waals surface area (Å²) in [4.78, 5) is 3.22. The Hall–Kier alpha value is -2.19. The van der Waals surface area contributed by atoms with Gasteiger partial charge in [0.2, 0.25) is 0 Å². The van der Waals surface area contributed by atoms with Crippen LogP contribution in [0.15, 0.2) is 54.7 Å². The Labute approximate surface area is 129 Å². The molecule has 106 valence electrons. The van der Waals surface area contributed by atoms with Crippen molar-refractivity contribution in [2.45, 2.75) is 0 Å². The van der Waals surface area contributed by atoms with Crippen molar-refractivity contribution in [1.29, 1.82) is 0 Å². The molecule has 3 rings (SSSR count). The third-order valence-electron chi connectivity index (χ3n) is 3.32. The van der Waals surface area contributed by atoms with Crippen molar-refractivity contribution in [3.05, 3.63) is 65.9 Å². The Balaban J connectivity index is 1.91. The molecule has 3 aromatic rings. The Kier molecular flexibility index (Phi) is 4.27. The molecule has 2 nitrogen and oxygen atoms in total. The average Bonchev–Trinajstić information content (AvgIpc) is 3.01. The predicted octanol–water partition coefficient (Wildman–Crippen LogP) is 4.96. The molecule has 0 aliphatic rings. The molecule has 0 radical (unpaired) electrons. The number of aromatic nitrogens is 1. The van der Waals surface area contributed by atoms with Gasteiger partial charge in [0.1, 0.15) is 12.4 Å². The molecule has 1 heterocycles. The molecule has 0 atom stereocenters. The van der Waals surface area contributed by atoms with Crippen molar-refractivity contribution in [1.82, 2.24) is 4.98 Å². The first-order valence-corrected chi connectivity index (χ1v) is 7.44. The number of H-pyrrole nitrogens is 1. The number of hydrogen-bond acceptors (Lipinski definition) is 1. The summed E-state index contributed by atoms with van der Waals surface area (Å²) in [6.45, 7) is 0.514. The highest BCUT2D eigenvalue weighted by Crippen LogP contribution is 2.23. The minimum atomic E-state index is 0.487. The van der Waals surface area contributed by atoms with Crippen molar-refractivity contribution < 1.29 is 4.74 Å². The van der Waals surface area contributed by atoms with Crippen LogP contribution in [0.2, 0.25) is 0 Å². The molecular weight excluding hydrogens is 282 g/mol. The van der Waals surface area contributed by atoms with Gasteiger partial charge in [0.25, 0.3) is 0 Å². The summed E-state index contributed by atoms with van der Waals surface area (Å²) in [7, 11) is 0. The number of benzene rings is 2. The number of aromatic amines is 1. The van der Waals surface area contributed by atoms with Crippen molar-refractivity contribution >= 4 is 34.7 Å². The summed E-state index contributed by atoms with van der Waals surface area (Å²) < 4.78 is 5.66. The first-order chi connectivity index (χ1) is 10.4. The number of halogens is 1. The second-order valence-electron chi connectivity index (χ2n) is 4.69. The van der Waals surface area contributed by atoms with Crippen molar-refractivity contribution in [2.24, 2.45) is 0 Å². The van der Waals surface area contributed by atoms with Crippen LogP contribution >= 0.6 is 11.6 Å². The fourth-order valence-corrected chi connectivity index (χ4v) is 2.41. The zero-order chi connectivity index (χ0) is 14.5. The maximum Gasteiger partial charge on any atom is 0.126 e. The SMILES string of the molecule is ClCCOc1ccccc1C=Cc1cccc2[nH]ccc12. The number of nitrogens with one attached hydrogen (secondary N) is 1. The van der Waals surface area contributed by atoms with E-state index < -0.39 is 0 Å². The lowest BCUT2D eigenvalue weighted by Gasteiger charge is -2.07. The summed E-state index contributed by atoms with van der Waals surface area (Å²) in [6, 6.07) is 16.3. The van der Waals surface area contributed by atoms with Gasteiger partial charge in [-0.1, -0.05) is 42.5 Å². The van der Waals surface area contributed by atoms with E-state index in [0.29, 0.717) is 12.5 Å². The van der Waals surface area contributed by atoms with Crippen LogP contribution in [0.5, 0.6) is 5.75 Å². The second-order valence-corrected chi connectivity index (χ2v) is 5.07. The van der Waals surface area contributed by atoms with Crippen LogP contribution in [0.25, 0.3) is 23.1 Å². The maximum absolute atomic E-state index is 5.68. The molecule has 2 aromatic carbocycles. The highest BCUT2D eigenvalue weighted by Gasteiger charge is 2.01. The molecule has 1 N–H and O–H groups in total. The first kappa shape index (κ1) is 13.8. The van der Waals surface area contributed by atoms with Gasteiger partial charge in [0, 0.05) is 22.7 Å². The third kappa shape index (κ3) is 3.11. The summed E-state index contributed by atoms with van der Waals surface area (Å²) in [6.07, 6.45) is 6.14. The Morgan fingerprint density at radius 2 is 1.76 bits per heavy atom. The molecule has 1 aromatic heterocycles. The van der Waals surface area contributed by atoms with Crippen molar-refractivity contribution in [2.75, 3.05) is 12.5 Å². The van der Waals surface area contributed by atoms with Gasteiger partial charge >= 0.3 is 0 Å². The minimum absolute atomic E-state index is 0.487. The smallest absolute Gasteiger partial charge is 0.126 e. The number of fused-ring (bicyclic) bond motifs is 1. The van der Waals surface area contributed by atoms with Gasteiger partial charge in [-0.3, -0.25) is 0 Å². The molecule has 0 unspecified atom stereocenters. The molecule has 21 heavy (non-hydrogen) atoms. The summed E-state index contributed by atoms with van der Waals surface area (Å²) in [5.74, 6) is 1.34. The van der Waals surface area contributed by atoms with Crippen LogP contribution in [0.4, 0.5) is 0 Å². The van der Waals surface area contributed by atoms with Crippen LogP contribution in [0, 0.1) is 0 Å². The minimum Gasteiger partial charge on any atom is -0.492 e. The van der Waals surface area contributed by atoms with Crippen LogP contribution in [0.3, 0.4) is 0 Å². The third-order valence-corrected chi connectivity index (χ3v) is 3.48. The average molecular weight is 298 g/mol. The van der Waals surface area contributed by atoms with Gasteiger partial charge in [-0.15, -0.1) is 11.6 Å². The topological polar surface area (TPSA) is 25.0 Å². The lowest BCUT2D eigenvalue weighted by atomic mass is 10.1. The zero-order valence-electron chi connectivity index (χ0n) is 11.6. The standard InChI is InChI=1S/C18H16ClNO/c19-11-13-21-18-7-2-1-4-15(18)9-8-14-5-3-6-17-16(14)10-12-20-17/h1-10,12,20H,11,13H2. The Morgan fingerprint density at radius 3 is 2.67 bits per heavy atom. The highest BCUT2D eigenvalue weighted by atomic mass is 35.5. The van der Waals surface area contributed by atoms with Crippen molar-refractivity contribution in [3.63, 3.8) is 0 Å². The van der Waals surface area contributed by atoms with Crippen LogP contribution in [0.1, 0.15) is 11.1 Å². The zero-order valence-corrected chi connectivity index (χ0v) is 12.3. The fourth-order valence-electron chi connectivity index (χ4n) is 2.33. The number of para-hydroxylation sites is 1. The van der Waals surface area contributed by atoms with E-state index >= 15 is 0 Å². The van der Waals surface area contributed by atoms with E-state index in [0.717, 1.165) is 16.8 Å². The molecule has 0 aliphatic heterocycles. The fraction of sp³-hybridized carbons (Fsp3) is 0.111. The van der Waals surface area contributed by atoms with Gasteiger partial charge in [-0.05, 0) is 23.8 Å². The van der Waals surface area contributed by atoms with Gasteiger partial charge in [-0.2, -0.15) is 0 Å². The molecule has 0 amide bonds. The van der Waals surface area contributed by atoms with E-state index in [9.17, 15) is 0 Å². The Morgan fingerprint density at radius 1 is 0.952 bits per heavy atom. The molecule has 0 saturated carbocycles. The van der Waals surface area contributed by atoms with E-state index in [-0.39, 0.29) is 0 Å². The molecule has 0 spiro atoms. The molecule has 0 saturated heterocycles. The predicted molar refractivity (Wildman–Crippen MR) is 89.9 cm³/mol. The summed E-state index contributed by atoms with van der Waals surface area (Å²) in [5, 5.41) is 1.22. The highest BCUT2D eigenvalue weighted by molar-refractivity contribution is 6.18. The monoisotopic (exact) mass is 297 g/mol. The van der Waals surface area contributed by atoms with E-state index in [2.05, 4.69) is 41.4 Å². The molecule has 3 heteroatoms. The van der Waals surface area contributed by atoms with Crippen LogP contribution < -0.4 is 4.74 Å². The second kappa shape index (κ2) is 6.51. The molecule has 0 fully saturated rings. The molecule has 0 bridgehead atoms. The quantitative estimate of drug-likeness (QED) is 0.523. The number of alkyl halides is 1. The first-order valence-electron chi connectivity index (χ1n) is 6.90. The van der Waals surface area contributed by atoms with Crippen LogP contribution in [-0.2, 0) is 0 Å². The normalized spacial score (nSPS) is 11.3. The summed E-state index contributed by atoms with van der Waals surface area (Å²) >= 11 is 5.68. The van der Waals surface area contributed by atoms with E-state index in [4.69, 9.17) is 16.3 Å². The lowest BCUT2D eigenvalue weighted by molar-refractivity contribution is 0.342. The number of rotatable bonds is 5. The molecule has 0 aliphatic carbocycles. The van der Waals surface area contributed by atoms with Crippen LogP contribution in [-0.4, -0.2) is 17.5 Å². The largest absolute Gasteiger partial charge is 0.492 e. The lowest BCUT2D eigenvalue weighted by Crippen LogP contribution is -1.99. The van der Waals surface area contributed by atoms with E-state index in [1.165, 1.54) is 10.9 Å². The number of hydrogen-bond donors (Lipinski definition) is 1. The maximum atomic E-state index is 5.68. The number of ether oxygens (including phenoxy) is 1.